The molecule has 2 aromatic carbocycles. The zero-order valence-corrected chi connectivity index (χ0v) is 12.0. The molecule has 0 atom stereocenters. The monoisotopic (exact) mass is 338 g/mol. The van der Waals surface area contributed by atoms with E-state index >= 15 is 0 Å². The second-order valence-corrected chi connectivity index (χ2v) is 5.13. The minimum Gasteiger partial charge on any atom is -0.494 e. The standard InChI is InChI=1S/C15H15IO/c1-2-17-15-8-6-12(7-9-15)10-13-4-3-5-14(16)11-13/h3-9,11H,2,10H2,1H3. The normalized spacial score (nSPS) is 10.2. The Balaban J connectivity index is 2.08. The van der Waals surface area contributed by atoms with Crippen LogP contribution in [0.4, 0.5) is 0 Å². The molecule has 1 nitrogen and oxygen atoms in total. The molecular weight excluding hydrogens is 323 g/mol. The molecule has 0 amide bonds. The Bertz CT molecular complexity index is 477. The van der Waals surface area contributed by atoms with Crippen molar-refractivity contribution >= 4 is 22.6 Å². The average molecular weight is 338 g/mol. The second kappa shape index (κ2) is 6.05. The first-order chi connectivity index (χ1) is 8.28. The van der Waals surface area contributed by atoms with Gasteiger partial charge in [-0.3, -0.25) is 0 Å². The molecule has 0 aromatic heterocycles. The zero-order valence-electron chi connectivity index (χ0n) is 9.82. The highest BCUT2D eigenvalue weighted by Crippen LogP contribution is 2.16. The molecule has 2 aromatic rings. The molecule has 17 heavy (non-hydrogen) atoms. The first-order valence-corrected chi connectivity index (χ1v) is 6.82. The number of hydrogen-bond donors (Lipinski definition) is 0. The average Bonchev–Trinajstić information content (AvgIpc) is 2.32. The Morgan fingerprint density at radius 3 is 2.41 bits per heavy atom. The van der Waals surface area contributed by atoms with Gasteiger partial charge >= 0.3 is 0 Å². The van der Waals surface area contributed by atoms with Crippen molar-refractivity contribution < 1.29 is 4.74 Å². The SMILES string of the molecule is CCOc1ccc(Cc2cccc(I)c2)cc1. The van der Waals surface area contributed by atoms with E-state index in [1.54, 1.807) is 0 Å². The third kappa shape index (κ3) is 3.73. The van der Waals surface area contributed by atoms with Crippen molar-refractivity contribution in [1.29, 1.82) is 0 Å². The van der Waals surface area contributed by atoms with Crippen molar-refractivity contribution in [1.82, 2.24) is 0 Å². The largest absolute Gasteiger partial charge is 0.494 e. The van der Waals surface area contributed by atoms with Gasteiger partial charge in [-0.1, -0.05) is 24.3 Å². The predicted molar refractivity (Wildman–Crippen MR) is 79.6 cm³/mol. The van der Waals surface area contributed by atoms with Gasteiger partial charge in [0.1, 0.15) is 5.75 Å². The lowest BCUT2D eigenvalue weighted by Crippen LogP contribution is -1.92. The van der Waals surface area contributed by atoms with Crippen LogP contribution in [0.2, 0.25) is 0 Å². The van der Waals surface area contributed by atoms with Crippen LogP contribution in [0.3, 0.4) is 0 Å². The molecular formula is C15H15IO. The highest BCUT2D eigenvalue weighted by molar-refractivity contribution is 14.1. The number of benzene rings is 2. The van der Waals surface area contributed by atoms with Gasteiger partial charge in [0, 0.05) is 3.57 Å². The lowest BCUT2D eigenvalue weighted by molar-refractivity contribution is 0.340. The second-order valence-electron chi connectivity index (χ2n) is 3.88. The highest BCUT2D eigenvalue weighted by Gasteiger charge is 1.98. The summed E-state index contributed by atoms with van der Waals surface area (Å²) < 4.78 is 6.71. The molecule has 0 fully saturated rings. The van der Waals surface area contributed by atoms with Crippen LogP contribution < -0.4 is 4.74 Å². The summed E-state index contributed by atoms with van der Waals surface area (Å²) in [7, 11) is 0. The van der Waals surface area contributed by atoms with E-state index in [4.69, 9.17) is 4.74 Å². The third-order valence-electron chi connectivity index (χ3n) is 2.53. The minimum atomic E-state index is 0.718. The van der Waals surface area contributed by atoms with Gasteiger partial charge < -0.3 is 4.74 Å². The van der Waals surface area contributed by atoms with Crippen LogP contribution in [0.25, 0.3) is 0 Å². The fourth-order valence-electron chi connectivity index (χ4n) is 1.75. The summed E-state index contributed by atoms with van der Waals surface area (Å²) in [6, 6.07) is 16.9. The Morgan fingerprint density at radius 2 is 1.76 bits per heavy atom. The lowest BCUT2D eigenvalue weighted by Gasteiger charge is -2.05. The van der Waals surface area contributed by atoms with Crippen LogP contribution in [0.1, 0.15) is 18.1 Å². The summed E-state index contributed by atoms with van der Waals surface area (Å²) in [5, 5.41) is 0. The van der Waals surface area contributed by atoms with Crippen molar-refractivity contribution in [3.63, 3.8) is 0 Å². The molecule has 0 aliphatic rings. The molecule has 0 unspecified atom stereocenters. The molecule has 0 bridgehead atoms. The van der Waals surface area contributed by atoms with Gasteiger partial charge in [-0.15, -0.1) is 0 Å². The predicted octanol–water partition coefficient (Wildman–Crippen LogP) is 4.28. The van der Waals surface area contributed by atoms with E-state index in [0.717, 1.165) is 18.8 Å². The molecule has 0 saturated carbocycles. The maximum absolute atomic E-state index is 5.43. The van der Waals surface area contributed by atoms with Gasteiger partial charge in [0.25, 0.3) is 0 Å². The molecule has 88 valence electrons. The summed E-state index contributed by atoms with van der Waals surface area (Å²) in [6.45, 7) is 2.72. The van der Waals surface area contributed by atoms with Gasteiger partial charge in [-0.2, -0.15) is 0 Å². The smallest absolute Gasteiger partial charge is 0.119 e. The molecule has 0 heterocycles. The van der Waals surface area contributed by atoms with Crippen LogP contribution >= 0.6 is 22.6 Å². The molecule has 0 aliphatic carbocycles. The summed E-state index contributed by atoms with van der Waals surface area (Å²) >= 11 is 2.34. The highest BCUT2D eigenvalue weighted by atomic mass is 127. The lowest BCUT2D eigenvalue weighted by atomic mass is 10.1. The van der Waals surface area contributed by atoms with Gasteiger partial charge in [-0.05, 0) is 71.3 Å². The number of hydrogen-bond acceptors (Lipinski definition) is 1. The minimum absolute atomic E-state index is 0.718. The molecule has 2 heteroatoms. The Hall–Kier alpha value is -1.03. The summed E-state index contributed by atoms with van der Waals surface area (Å²) in [5.74, 6) is 0.943. The van der Waals surface area contributed by atoms with E-state index in [0.29, 0.717) is 0 Å². The van der Waals surface area contributed by atoms with Crippen LogP contribution in [0.15, 0.2) is 48.5 Å². The van der Waals surface area contributed by atoms with Crippen LogP contribution in [-0.2, 0) is 6.42 Å². The van der Waals surface area contributed by atoms with E-state index in [1.807, 2.05) is 19.1 Å². The summed E-state index contributed by atoms with van der Waals surface area (Å²) in [4.78, 5) is 0. The maximum Gasteiger partial charge on any atom is 0.119 e. The molecule has 0 radical (unpaired) electrons. The molecule has 0 saturated heterocycles. The van der Waals surface area contributed by atoms with E-state index in [2.05, 4.69) is 59.0 Å². The zero-order chi connectivity index (χ0) is 12.1. The quantitative estimate of drug-likeness (QED) is 0.756. The summed E-state index contributed by atoms with van der Waals surface area (Å²) in [6.07, 6.45) is 0.975. The Kier molecular flexibility index (Phi) is 4.42. The summed E-state index contributed by atoms with van der Waals surface area (Å²) in [5.41, 5.74) is 2.66. The number of rotatable bonds is 4. The molecule has 0 N–H and O–H groups in total. The fraction of sp³-hybridized carbons (Fsp3) is 0.200. The van der Waals surface area contributed by atoms with Gasteiger partial charge in [0.05, 0.1) is 6.61 Å². The topological polar surface area (TPSA) is 9.23 Å². The first kappa shape index (κ1) is 12.4. The third-order valence-corrected chi connectivity index (χ3v) is 3.20. The van der Waals surface area contributed by atoms with Gasteiger partial charge in [0.2, 0.25) is 0 Å². The van der Waals surface area contributed by atoms with Crippen molar-refractivity contribution in [2.45, 2.75) is 13.3 Å². The van der Waals surface area contributed by atoms with Gasteiger partial charge in [-0.25, -0.2) is 0 Å². The van der Waals surface area contributed by atoms with Crippen LogP contribution in [0.5, 0.6) is 5.75 Å². The first-order valence-electron chi connectivity index (χ1n) is 5.74. The van der Waals surface area contributed by atoms with Crippen molar-refractivity contribution in [3.05, 3.63) is 63.2 Å². The molecule has 0 spiro atoms. The van der Waals surface area contributed by atoms with E-state index < -0.39 is 0 Å². The van der Waals surface area contributed by atoms with Crippen LogP contribution in [0, 0.1) is 3.57 Å². The molecule has 0 aliphatic heterocycles. The maximum atomic E-state index is 5.43. The molecule has 2 rings (SSSR count). The number of ether oxygens (including phenoxy) is 1. The van der Waals surface area contributed by atoms with E-state index in [1.165, 1.54) is 14.7 Å². The Labute approximate surface area is 116 Å². The fourth-order valence-corrected chi connectivity index (χ4v) is 2.36. The van der Waals surface area contributed by atoms with Crippen molar-refractivity contribution in [2.75, 3.05) is 6.61 Å². The Morgan fingerprint density at radius 1 is 1.00 bits per heavy atom. The van der Waals surface area contributed by atoms with E-state index in [9.17, 15) is 0 Å². The van der Waals surface area contributed by atoms with Gasteiger partial charge in [0.15, 0.2) is 0 Å². The van der Waals surface area contributed by atoms with Crippen LogP contribution in [-0.4, -0.2) is 6.61 Å². The van der Waals surface area contributed by atoms with E-state index in [-0.39, 0.29) is 0 Å². The number of halogens is 1. The van der Waals surface area contributed by atoms with Crippen molar-refractivity contribution in [2.24, 2.45) is 0 Å². The van der Waals surface area contributed by atoms with Crippen molar-refractivity contribution in [3.8, 4) is 5.75 Å².